The van der Waals surface area contributed by atoms with Crippen molar-refractivity contribution in [1.29, 1.82) is 0 Å². The molecule has 0 radical (unpaired) electrons. The summed E-state index contributed by atoms with van der Waals surface area (Å²) in [5.41, 5.74) is 2.48. The second kappa shape index (κ2) is 4.80. The molecule has 0 saturated carbocycles. The minimum absolute atomic E-state index is 0. The van der Waals surface area contributed by atoms with Crippen molar-refractivity contribution in [1.82, 2.24) is 10.2 Å². The Morgan fingerprint density at radius 3 is 2.64 bits per heavy atom. The number of hydrogen-bond acceptors (Lipinski definition) is 1. The molecule has 2 heteroatoms. The van der Waals surface area contributed by atoms with E-state index >= 15 is 0 Å². The Morgan fingerprint density at radius 1 is 1.29 bits per heavy atom. The van der Waals surface area contributed by atoms with Crippen molar-refractivity contribution >= 4 is 10.9 Å². The summed E-state index contributed by atoms with van der Waals surface area (Å²) in [4.78, 5) is 0. The van der Waals surface area contributed by atoms with Gasteiger partial charge in [-0.25, -0.2) is 0 Å². The fraction of sp³-hybridized carbons (Fsp3) is 0.417. The number of H-pyrrole nitrogens is 1. The molecule has 0 atom stereocenters. The number of aromatic amines is 1. The number of benzene rings is 1. The first-order chi connectivity index (χ1) is 6.77. The van der Waals surface area contributed by atoms with Crippen LogP contribution in [0.15, 0.2) is 24.4 Å². The van der Waals surface area contributed by atoms with E-state index in [2.05, 4.69) is 42.2 Å². The standard InChI is InChI=1S/C10H12N2.C2H6.H2/c1-7(2)8-3-4-9-6-11-12-10(9)5-8;1-2;/h3-7H,1-2H3,(H,11,12);1-2H3;1H. The molecule has 2 rings (SSSR count). The molecule has 0 saturated heterocycles. The average molecular weight is 192 g/mol. The first-order valence-corrected chi connectivity index (χ1v) is 5.20. The van der Waals surface area contributed by atoms with Crippen LogP contribution in [0.5, 0.6) is 0 Å². The Kier molecular flexibility index (Phi) is 3.69. The minimum Gasteiger partial charge on any atom is -0.278 e. The number of nitrogens with zero attached hydrogens (tertiary/aromatic N) is 1. The zero-order chi connectivity index (χ0) is 10.6. The van der Waals surface area contributed by atoms with Gasteiger partial charge in [0.05, 0.1) is 11.7 Å². The van der Waals surface area contributed by atoms with Crippen molar-refractivity contribution in [3.8, 4) is 0 Å². The van der Waals surface area contributed by atoms with Crippen molar-refractivity contribution in [2.75, 3.05) is 0 Å². The van der Waals surface area contributed by atoms with Gasteiger partial charge in [0.15, 0.2) is 0 Å². The first kappa shape index (κ1) is 10.8. The lowest BCUT2D eigenvalue weighted by molar-refractivity contribution is 0.868. The topological polar surface area (TPSA) is 28.7 Å². The van der Waals surface area contributed by atoms with E-state index in [0.29, 0.717) is 5.92 Å². The predicted octanol–water partition coefficient (Wildman–Crippen LogP) is 3.96. The van der Waals surface area contributed by atoms with Gasteiger partial charge in [0.2, 0.25) is 0 Å². The predicted molar refractivity (Wildman–Crippen MR) is 63.6 cm³/mol. The van der Waals surface area contributed by atoms with E-state index in [0.717, 1.165) is 5.52 Å². The smallest absolute Gasteiger partial charge is 0.0653 e. The van der Waals surface area contributed by atoms with Crippen molar-refractivity contribution in [2.24, 2.45) is 0 Å². The molecule has 1 N–H and O–H groups in total. The summed E-state index contributed by atoms with van der Waals surface area (Å²) in [6.45, 7) is 8.38. The van der Waals surface area contributed by atoms with Crippen LogP contribution in [0.3, 0.4) is 0 Å². The Hall–Kier alpha value is -1.31. The lowest BCUT2D eigenvalue weighted by atomic mass is 10.0. The van der Waals surface area contributed by atoms with Crippen LogP contribution in [-0.2, 0) is 0 Å². The molecule has 0 bridgehead atoms. The fourth-order valence-corrected chi connectivity index (χ4v) is 1.31. The maximum Gasteiger partial charge on any atom is 0.0653 e. The van der Waals surface area contributed by atoms with Gasteiger partial charge in [-0.05, 0) is 17.5 Å². The van der Waals surface area contributed by atoms with Crippen LogP contribution < -0.4 is 0 Å². The number of rotatable bonds is 1. The van der Waals surface area contributed by atoms with E-state index < -0.39 is 0 Å². The van der Waals surface area contributed by atoms with Crippen LogP contribution in [-0.4, -0.2) is 10.2 Å². The molecule has 14 heavy (non-hydrogen) atoms. The summed E-state index contributed by atoms with van der Waals surface area (Å²) >= 11 is 0. The maximum absolute atomic E-state index is 3.98. The zero-order valence-corrected chi connectivity index (χ0v) is 9.33. The van der Waals surface area contributed by atoms with E-state index in [1.165, 1.54) is 10.9 Å². The third-order valence-corrected chi connectivity index (χ3v) is 2.13. The SMILES string of the molecule is CC.CC(C)c1ccc2cn[nH]c2c1.[HH]. The molecular formula is C12H20N2. The normalized spacial score (nSPS) is 10.1. The molecule has 2 nitrogen and oxygen atoms in total. The van der Waals surface area contributed by atoms with E-state index in [-0.39, 0.29) is 1.43 Å². The summed E-state index contributed by atoms with van der Waals surface area (Å²) in [7, 11) is 0. The van der Waals surface area contributed by atoms with E-state index in [1.54, 1.807) is 0 Å². The molecule has 78 valence electrons. The second-order valence-corrected chi connectivity index (χ2v) is 3.37. The van der Waals surface area contributed by atoms with Gasteiger partial charge in [-0.2, -0.15) is 5.10 Å². The molecule has 0 aliphatic heterocycles. The summed E-state index contributed by atoms with van der Waals surface area (Å²) in [6, 6.07) is 6.42. The molecule has 2 aromatic rings. The van der Waals surface area contributed by atoms with Crippen LogP contribution in [0, 0.1) is 0 Å². The van der Waals surface area contributed by atoms with Crippen LogP contribution in [0.1, 0.15) is 40.6 Å². The van der Waals surface area contributed by atoms with Gasteiger partial charge >= 0.3 is 0 Å². The van der Waals surface area contributed by atoms with Crippen LogP contribution in [0.4, 0.5) is 0 Å². The fourth-order valence-electron chi connectivity index (χ4n) is 1.31. The summed E-state index contributed by atoms with van der Waals surface area (Å²) in [5, 5.41) is 8.12. The summed E-state index contributed by atoms with van der Waals surface area (Å²) in [6.07, 6.45) is 1.85. The molecule has 0 aliphatic carbocycles. The van der Waals surface area contributed by atoms with Crippen molar-refractivity contribution in [3.05, 3.63) is 30.0 Å². The van der Waals surface area contributed by atoms with Crippen molar-refractivity contribution in [2.45, 2.75) is 33.6 Å². The molecule has 0 unspecified atom stereocenters. The highest BCUT2D eigenvalue weighted by Crippen LogP contribution is 2.18. The Bertz CT molecular complexity index is 393. The highest BCUT2D eigenvalue weighted by atomic mass is 15.1. The van der Waals surface area contributed by atoms with Crippen LogP contribution in [0.2, 0.25) is 0 Å². The van der Waals surface area contributed by atoms with Gasteiger partial charge in [0.25, 0.3) is 0 Å². The highest BCUT2D eigenvalue weighted by Gasteiger charge is 2.00. The van der Waals surface area contributed by atoms with Gasteiger partial charge in [0.1, 0.15) is 0 Å². The summed E-state index contributed by atoms with van der Waals surface area (Å²) in [5.74, 6) is 0.581. The number of fused-ring (bicyclic) bond motifs is 1. The largest absolute Gasteiger partial charge is 0.278 e. The molecule has 1 heterocycles. The van der Waals surface area contributed by atoms with Gasteiger partial charge in [-0.1, -0.05) is 39.8 Å². The average Bonchev–Trinajstić information content (AvgIpc) is 2.67. The van der Waals surface area contributed by atoms with Gasteiger partial charge in [-0.15, -0.1) is 0 Å². The maximum atomic E-state index is 3.98. The minimum atomic E-state index is 0. The van der Waals surface area contributed by atoms with Crippen molar-refractivity contribution in [3.63, 3.8) is 0 Å². The van der Waals surface area contributed by atoms with E-state index in [9.17, 15) is 0 Å². The Labute approximate surface area is 86.8 Å². The number of hydrogen-bond donors (Lipinski definition) is 1. The number of aromatic nitrogens is 2. The highest BCUT2D eigenvalue weighted by molar-refractivity contribution is 5.78. The summed E-state index contributed by atoms with van der Waals surface area (Å²) < 4.78 is 0. The second-order valence-electron chi connectivity index (χ2n) is 3.37. The molecule has 1 aromatic heterocycles. The molecule has 1 aromatic carbocycles. The Morgan fingerprint density at radius 2 is 2.00 bits per heavy atom. The van der Waals surface area contributed by atoms with E-state index in [1.807, 2.05) is 20.0 Å². The molecular weight excluding hydrogens is 172 g/mol. The van der Waals surface area contributed by atoms with Gasteiger partial charge in [0, 0.05) is 6.81 Å². The van der Waals surface area contributed by atoms with Crippen LogP contribution >= 0.6 is 0 Å². The lowest BCUT2D eigenvalue weighted by Crippen LogP contribution is -1.85. The number of nitrogens with one attached hydrogen (secondary N) is 1. The third-order valence-electron chi connectivity index (χ3n) is 2.13. The van der Waals surface area contributed by atoms with Crippen LogP contribution in [0.25, 0.3) is 10.9 Å². The molecule has 0 aliphatic rings. The zero-order valence-electron chi connectivity index (χ0n) is 9.33. The molecule has 0 amide bonds. The Balaban J connectivity index is 0.000000617. The van der Waals surface area contributed by atoms with Gasteiger partial charge < -0.3 is 0 Å². The third kappa shape index (κ3) is 2.13. The lowest BCUT2D eigenvalue weighted by Gasteiger charge is -2.03. The van der Waals surface area contributed by atoms with E-state index in [4.69, 9.17) is 0 Å². The van der Waals surface area contributed by atoms with Gasteiger partial charge in [-0.3, -0.25) is 5.10 Å². The van der Waals surface area contributed by atoms with Crippen molar-refractivity contribution < 1.29 is 1.43 Å². The first-order valence-electron chi connectivity index (χ1n) is 5.20. The molecule has 0 fully saturated rings. The quantitative estimate of drug-likeness (QED) is 0.728. The molecule has 0 spiro atoms. The monoisotopic (exact) mass is 192 g/mol.